The zero-order valence-corrected chi connectivity index (χ0v) is 19.1. The Kier molecular flexibility index (Phi) is 6.50. The van der Waals surface area contributed by atoms with E-state index >= 15 is 0 Å². The van der Waals surface area contributed by atoms with Crippen LogP contribution < -0.4 is 10.1 Å². The van der Waals surface area contributed by atoms with Crippen LogP contribution in [-0.4, -0.2) is 40.3 Å². The first-order chi connectivity index (χ1) is 17.1. The summed E-state index contributed by atoms with van der Waals surface area (Å²) < 4.78 is 11.6. The Hall–Kier alpha value is -4.10. The fourth-order valence-corrected chi connectivity index (χ4v) is 4.32. The lowest BCUT2D eigenvalue weighted by atomic mass is 9.95. The minimum atomic E-state index is -0.264. The lowest BCUT2D eigenvalue weighted by Crippen LogP contribution is -2.23. The highest BCUT2D eigenvalue weighted by molar-refractivity contribution is 6.15. The summed E-state index contributed by atoms with van der Waals surface area (Å²) in [6, 6.07) is 20.4. The minimum absolute atomic E-state index is 0.109. The van der Waals surface area contributed by atoms with Crippen LogP contribution in [0.4, 0.5) is 0 Å². The summed E-state index contributed by atoms with van der Waals surface area (Å²) in [7, 11) is 0. The van der Waals surface area contributed by atoms with Gasteiger partial charge in [0.05, 0.1) is 12.2 Å². The second-order valence-corrected chi connectivity index (χ2v) is 8.62. The molecule has 35 heavy (non-hydrogen) atoms. The molecule has 0 amide bonds. The van der Waals surface area contributed by atoms with Gasteiger partial charge >= 0.3 is 0 Å². The maximum atomic E-state index is 13.8. The van der Waals surface area contributed by atoms with Crippen LogP contribution in [0.5, 0.6) is 17.2 Å². The molecule has 2 heterocycles. The number of hydrogen-bond acceptors (Lipinski definition) is 7. The van der Waals surface area contributed by atoms with E-state index in [0.29, 0.717) is 52.1 Å². The van der Waals surface area contributed by atoms with Crippen LogP contribution in [0.15, 0.2) is 77.3 Å². The van der Waals surface area contributed by atoms with Crippen LogP contribution in [0.3, 0.4) is 0 Å². The van der Waals surface area contributed by atoms with E-state index in [0.717, 1.165) is 19.4 Å². The average molecular weight is 471 g/mol. The van der Waals surface area contributed by atoms with Crippen molar-refractivity contribution in [3.8, 4) is 39.8 Å². The Labute approximate surface area is 203 Å². The van der Waals surface area contributed by atoms with Crippen LogP contribution in [0.1, 0.15) is 35.2 Å². The molecule has 0 saturated carbocycles. The molecule has 4 aromatic rings. The van der Waals surface area contributed by atoms with E-state index in [1.54, 1.807) is 42.5 Å². The lowest BCUT2D eigenvalue weighted by molar-refractivity contribution is 0.103. The van der Waals surface area contributed by atoms with Crippen LogP contribution in [0.2, 0.25) is 0 Å². The number of carbonyl (C=O) groups is 1. The first kappa shape index (κ1) is 22.7. The molecule has 1 aromatic heterocycles. The van der Waals surface area contributed by atoms with Crippen molar-refractivity contribution in [2.75, 3.05) is 13.2 Å². The fourth-order valence-electron chi connectivity index (χ4n) is 4.32. The van der Waals surface area contributed by atoms with Gasteiger partial charge in [0.2, 0.25) is 0 Å². The standard InChI is InChI=1S/C28H26N2O5/c31-22-10-6-18(7-11-22)26-25(28(35-30-26)19-8-12-23(32)13-9-19)27(33)20-3-1-5-24(17-20)34-16-14-21-4-2-15-29-21/h1,3,5-13,17,21,29,31-32H,2,4,14-16H2. The third kappa shape index (κ3) is 5.05. The molecule has 0 radical (unpaired) electrons. The quantitative estimate of drug-likeness (QED) is 0.305. The normalized spacial score (nSPS) is 15.3. The Bertz CT molecular complexity index is 1240. The summed E-state index contributed by atoms with van der Waals surface area (Å²) in [5, 5.41) is 27.0. The monoisotopic (exact) mass is 470 g/mol. The summed E-state index contributed by atoms with van der Waals surface area (Å²) in [6.07, 6.45) is 3.27. The molecule has 3 N–H and O–H groups in total. The Balaban J connectivity index is 1.47. The first-order valence-electron chi connectivity index (χ1n) is 11.7. The molecule has 0 aliphatic carbocycles. The number of nitrogens with zero attached hydrogens (tertiary/aromatic N) is 1. The molecule has 0 spiro atoms. The number of hydrogen-bond donors (Lipinski definition) is 3. The molecule has 1 atom stereocenters. The average Bonchev–Trinajstić information content (AvgIpc) is 3.55. The number of aromatic hydroxyl groups is 2. The molecule has 3 aromatic carbocycles. The molecule has 7 nitrogen and oxygen atoms in total. The van der Waals surface area contributed by atoms with Gasteiger partial charge in [0, 0.05) is 22.7 Å². The summed E-state index contributed by atoms with van der Waals surface area (Å²) in [6.45, 7) is 1.63. The second kappa shape index (κ2) is 10.0. The van der Waals surface area contributed by atoms with E-state index in [9.17, 15) is 15.0 Å². The number of ketones is 1. The van der Waals surface area contributed by atoms with Gasteiger partial charge in [-0.05, 0) is 86.5 Å². The third-order valence-electron chi connectivity index (χ3n) is 6.18. The van der Waals surface area contributed by atoms with Crippen molar-refractivity contribution in [1.82, 2.24) is 10.5 Å². The summed E-state index contributed by atoms with van der Waals surface area (Å²) in [4.78, 5) is 13.8. The Morgan fingerprint density at radius 3 is 2.40 bits per heavy atom. The number of phenolic OH excluding ortho intramolecular Hbond substituents is 2. The maximum absolute atomic E-state index is 13.8. The van der Waals surface area contributed by atoms with Crippen LogP contribution in [0.25, 0.3) is 22.6 Å². The largest absolute Gasteiger partial charge is 0.508 e. The van der Waals surface area contributed by atoms with Gasteiger partial charge in [0.15, 0.2) is 11.5 Å². The van der Waals surface area contributed by atoms with E-state index in [1.807, 2.05) is 6.07 Å². The molecule has 1 saturated heterocycles. The Morgan fingerprint density at radius 1 is 1.00 bits per heavy atom. The van der Waals surface area contributed by atoms with Gasteiger partial charge in [0.25, 0.3) is 0 Å². The molecule has 1 unspecified atom stereocenters. The van der Waals surface area contributed by atoms with Gasteiger partial charge in [-0.1, -0.05) is 17.3 Å². The van der Waals surface area contributed by atoms with Gasteiger partial charge in [-0.2, -0.15) is 0 Å². The molecule has 0 bridgehead atoms. The number of benzene rings is 3. The van der Waals surface area contributed by atoms with Gasteiger partial charge in [0.1, 0.15) is 22.9 Å². The number of nitrogens with one attached hydrogen (secondary N) is 1. The van der Waals surface area contributed by atoms with Crippen molar-refractivity contribution in [1.29, 1.82) is 0 Å². The minimum Gasteiger partial charge on any atom is -0.508 e. The molecule has 1 aliphatic rings. The van der Waals surface area contributed by atoms with Crippen LogP contribution >= 0.6 is 0 Å². The zero-order chi connectivity index (χ0) is 24.2. The highest BCUT2D eigenvalue weighted by Crippen LogP contribution is 2.35. The highest BCUT2D eigenvalue weighted by atomic mass is 16.5. The molecular formula is C28H26N2O5. The molecule has 7 heteroatoms. The SMILES string of the molecule is O=C(c1cccc(OCCC2CCCN2)c1)c1c(-c2ccc(O)cc2)noc1-c1ccc(O)cc1. The fraction of sp³-hybridized carbons (Fsp3) is 0.214. The predicted octanol–water partition coefficient (Wildman–Crippen LogP) is 5.17. The number of phenols is 2. The lowest BCUT2D eigenvalue weighted by Gasteiger charge is -2.12. The molecule has 1 fully saturated rings. The smallest absolute Gasteiger partial charge is 0.199 e. The topological polar surface area (TPSA) is 105 Å². The van der Waals surface area contributed by atoms with Crippen molar-refractivity contribution < 1.29 is 24.3 Å². The molecule has 178 valence electrons. The van der Waals surface area contributed by atoms with Crippen molar-refractivity contribution in [3.05, 3.63) is 83.9 Å². The first-order valence-corrected chi connectivity index (χ1v) is 11.7. The van der Waals surface area contributed by atoms with E-state index in [4.69, 9.17) is 9.26 Å². The van der Waals surface area contributed by atoms with E-state index in [1.165, 1.54) is 30.7 Å². The number of rotatable bonds is 8. The van der Waals surface area contributed by atoms with Crippen molar-refractivity contribution in [2.24, 2.45) is 0 Å². The van der Waals surface area contributed by atoms with Crippen LogP contribution in [-0.2, 0) is 0 Å². The van der Waals surface area contributed by atoms with Gasteiger partial charge < -0.3 is 24.8 Å². The summed E-state index contributed by atoms with van der Waals surface area (Å²) >= 11 is 0. The second-order valence-electron chi connectivity index (χ2n) is 8.62. The zero-order valence-electron chi connectivity index (χ0n) is 19.1. The highest BCUT2D eigenvalue weighted by Gasteiger charge is 2.26. The van der Waals surface area contributed by atoms with E-state index in [-0.39, 0.29) is 17.3 Å². The number of carbonyl (C=O) groups excluding carboxylic acids is 1. The van der Waals surface area contributed by atoms with Crippen molar-refractivity contribution in [2.45, 2.75) is 25.3 Å². The van der Waals surface area contributed by atoms with Gasteiger partial charge in [-0.25, -0.2) is 0 Å². The predicted molar refractivity (Wildman–Crippen MR) is 132 cm³/mol. The third-order valence-corrected chi connectivity index (χ3v) is 6.18. The van der Waals surface area contributed by atoms with Crippen LogP contribution in [0, 0.1) is 0 Å². The van der Waals surface area contributed by atoms with E-state index in [2.05, 4.69) is 10.5 Å². The van der Waals surface area contributed by atoms with Crippen molar-refractivity contribution >= 4 is 5.78 Å². The summed E-state index contributed by atoms with van der Waals surface area (Å²) in [5.41, 5.74) is 2.37. The Morgan fingerprint density at radius 2 is 1.71 bits per heavy atom. The maximum Gasteiger partial charge on any atom is 0.199 e. The van der Waals surface area contributed by atoms with Gasteiger partial charge in [-0.3, -0.25) is 4.79 Å². The molecule has 1 aliphatic heterocycles. The number of aromatic nitrogens is 1. The molecule has 5 rings (SSSR count). The van der Waals surface area contributed by atoms with Crippen molar-refractivity contribution in [3.63, 3.8) is 0 Å². The summed E-state index contributed by atoms with van der Waals surface area (Å²) in [5.74, 6) is 0.888. The van der Waals surface area contributed by atoms with E-state index < -0.39 is 0 Å². The molecular weight excluding hydrogens is 444 g/mol. The van der Waals surface area contributed by atoms with Gasteiger partial charge in [-0.15, -0.1) is 0 Å². The number of ether oxygens (including phenoxy) is 1.